The lowest BCUT2D eigenvalue weighted by molar-refractivity contribution is -0.140. The predicted molar refractivity (Wildman–Crippen MR) is 154 cm³/mol. The Kier molecular flexibility index (Phi) is 10.5. The highest BCUT2D eigenvalue weighted by Crippen LogP contribution is 2.28. The van der Waals surface area contributed by atoms with Crippen molar-refractivity contribution in [3.05, 3.63) is 63.1 Å². The molecule has 1 saturated carbocycles. The smallest absolute Gasteiger partial charge is 0.242 e. The minimum Gasteiger partial charge on any atom is -0.352 e. The molecule has 0 saturated heterocycles. The zero-order valence-electron chi connectivity index (χ0n) is 22.5. The standard InChI is InChI=1S/C28H37Cl2N3O4S/c1-19-14-15-20(2)26(17-19)33(38(4,36)37)16-8-13-27(34)32(18-23-24(29)11-7-12-25(23)30)21(3)28(35)31-22-9-5-6-10-22/h7,11-12,14-15,17,21-22H,5-6,8-10,13,16,18H2,1-4H3,(H,31,35). The fourth-order valence-corrected chi connectivity index (χ4v) is 6.33. The van der Waals surface area contributed by atoms with Crippen molar-refractivity contribution in [2.75, 3.05) is 17.1 Å². The number of benzene rings is 2. The summed E-state index contributed by atoms with van der Waals surface area (Å²) in [5.41, 5.74) is 2.95. The molecule has 38 heavy (non-hydrogen) atoms. The third-order valence-electron chi connectivity index (χ3n) is 7.04. The van der Waals surface area contributed by atoms with Gasteiger partial charge in [0.15, 0.2) is 0 Å². The van der Waals surface area contributed by atoms with Crippen LogP contribution in [0.2, 0.25) is 10.0 Å². The van der Waals surface area contributed by atoms with Crippen molar-refractivity contribution in [2.24, 2.45) is 0 Å². The molecule has 1 fully saturated rings. The first-order valence-corrected chi connectivity index (χ1v) is 15.6. The highest BCUT2D eigenvalue weighted by Gasteiger charge is 2.30. The van der Waals surface area contributed by atoms with Crippen molar-refractivity contribution in [2.45, 2.75) is 77.9 Å². The van der Waals surface area contributed by atoms with E-state index in [1.165, 1.54) is 9.21 Å². The van der Waals surface area contributed by atoms with Gasteiger partial charge in [-0.25, -0.2) is 8.42 Å². The number of halogens is 2. The number of anilines is 1. The SMILES string of the molecule is Cc1ccc(C)c(N(CCCC(=O)N(Cc2c(Cl)cccc2Cl)C(C)C(=O)NC2CCCC2)S(C)(=O)=O)c1. The van der Waals surface area contributed by atoms with Gasteiger partial charge in [0.2, 0.25) is 21.8 Å². The quantitative estimate of drug-likeness (QED) is 0.372. The Morgan fingerprint density at radius 2 is 1.71 bits per heavy atom. The maximum Gasteiger partial charge on any atom is 0.242 e. The Labute approximate surface area is 236 Å². The van der Waals surface area contributed by atoms with Crippen LogP contribution < -0.4 is 9.62 Å². The zero-order valence-corrected chi connectivity index (χ0v) is 24.8. The lowest BCUT2D eigenvalue weighted by atomic mass is 10.1. The van der Waals surface area contributed by atoms with Crippen LogP contribution in [0.3, 0.4) is 0 Å². The van der Waals surface area contributed by atoms with Gasteiger partial charge in [-0.3, -0.25) is 13.9 Å². The lowest BCUT2D eigenvalue weighted by Crippen LogP contribution is -2.49. The van der Waals surface area contributed by atoms with Crippen LogP contribution in [0.25, 0.3) is 0 Å². The molecule has 1 N–H and O–H groups in total. The van der Waals surface area contributed by atoms with E-state index in [2.05, 4.69) is 5.32 Å². The average molecular weight is 583 g/mol. The van der Waals surface area contributed by atoms with E-state index in [1.807, 2.05) is 32.0 Å². The normalized spacial score (nSPS) is 14.8. The van der Waals surface area contributed by atoms with Crippen molar-refractivity contribution >= 4 is 50.7 Å². The van der Waals surface area contributed by atoms with Gasteiger partial charge in [-0.15, -0.1) is 0 Å². The molecular weight excluding hydrogens is 545 g/mol. The molecule has 2 aromatic carbocycles. The molecule has 0 aromatic heterocycles. The first-order valence-electron chi connectivity index (χ1n) is 13.0. The van der Waals surface area contributed by atoms with Crippen molar-refractivity contribution in [1.29, 1.82) is 0 Å². The molecule has 0 spiro atoms. The number of nitrogens with one attached hydrogen (secondary N) is 1. The summed E-state index contributed by atoms with van der Waals surface area (Å²) in [5, 5.41) is 3.90. The number of carbonyl (C=O) groups is 2. The average Bonchev–Trinajstić information content (AvgIpc) is 3.35. The van der Waals surface area contributed by atoms with Crippen LogP contribution in [0.1, 0.15) is 62.1 Å². The highest BCUT2D eigenvalue weighted by molar-refractivity contribution is 7.92. The van der Waals surface area contributed by atoms with E-state index < -0.39 is 16.1 Å². The summed E-state index contributed by atoms with van der Waals surface area (Å²) in [5.74, 6) is -0.494. The molecule has 1 atom stereocenters. The molecule has 2 aromatic rings. The van der Waals surface area contributed by atoms with Gasteiger partial charge >= 0.3 is 0 Å². The summed E-state index contributed by atoms with van der Waals surface area (Å²) in [7, 11) is -3.57. The Bertz CT molecular complexity index is 1240. The first kappa shape index (κ1) is 30.3. The number of nitrogens with zero attached hydrogens (tertiary/aromatic N) is 2. The summed E-state index contributed by atoms with van der Waals surface area (Å²) in [6.07, 6.45) is 5.52. The molecule has 0 aliphatic heterocycles. The molecule has 1 aliphatic carbocycles. The fourth-order valence-electron chi connectivity index (χ4n) is 4.80. The van der Waals surface area contributed by atoms with E-state index in [1.54, 1.807) is 25.1 Å². The van der Waals surface area contributed by atoms with Gasteiger partial charge in [-0.2, -0.15) is 0 Å². The van der Waals surface area contributed by atoms with E-state index in [0.29, 0.717) is 21.3 Å². The Morgan fingerprint density at radius 1 is 1.08 bits per heavy atom. The molecule has 1 aliphatic rings. The second-order valence-electron chi connectivity index (χ2n) is 10.1. The number of amides is 2. The second-order valence-corrected chi connectivity index (χ2v) is 12.8. The number of hydrogen-bond donors (Lipinski definition) is 1. The molecule has 0 heterocycles. The van der Waals surface area contributed by atoms with Gasteiger partial charge in [-0.05, 0) is 69.4 Å². The minimum absolute atomic E-state index is 0.0556. The van der Waals surface area contributed by atoms with Gasteiger partial charge < -0.3 is 10.2 Å². The molecule has 3 rings (SSSR count). The zero-order chi connectivity index (χ0) is 28.0. The van der Waals surface area contributed by atoms with Gasteiger partial charge in [-0.1, -0.05) is 54.2 Å². The van der Waals surface area contributed by atoms with Crippen molar-refractivity contribution in [3.63, 3.8) is 0 Å². The predicted octanol–water partition coefficient (Wildman–Crippen LogP) is 5.63. The Balaban J connectivity index is 1.78. The van der Waals surface area contributed by atoms with Crippen LogP contribution in [0.5, 0.6) is 0 Å². The highest BCUT2D eigenvalue weighted by atomic mass is 35.5. The third kappa shape index (κ3) is 7.87. The van der Waals surface area contributed by atoms with Crippen LogP contribution >= 0.6 is 23.2 Å². The molecule has 7 nitrogen and oxygen atoms in total. The van der Waals surface area contributed by atoms with Crippen LogP contribution in [0.4, 0.5) is 5.69 Å². The van der Waals surface area contributed by atoms with E-state index in [9.17, 15) is 18.0 Å². The maximum absolute atomic E-state index is 13.5. The topological polar surface area (TPSA) is 86.8 Å². The maximum atomic E-state index is 13.5. The molecular formula is C28H37Cl2N3O4S. The first-order chi connectivity index (χ1) is 17.9. The Hall–Kier alpha value is -2.29. The van der Waals surface area contributed by atoms with Crippen molar-refractivity contribution < 1.29 is 18.0 Å². The number of rotatable bonds is 11. The summed E-state index contributed by atoms with van der Waals surface area (Å²) in [4.78, 5) is 28.1. The van der Waals surface area contributed by atoms with Crippen molar-refractivity contribution in [1.82, 2.24) is 10.2 Å². The van der Waals surface area contributed by atoms with E-state index in [0.717, 1.165) is 43.1 Å². The molecule has 2 amide bonds. The molecule has 10 heteroatoms. The monoisotopic (exact) mass is 581 g/mol. The summed E-state index contributed by atoms with van der Waals surface area (Å²) < 4.78 is 26.6. The van der Waals surface area contributed by atoms with Crippen LogP contribution in [-0.4, -0.2) is 50.0 Å². The van der Waals surface area contributed by atoms with Crippen molar-refractivity contribution in [3.8, 4) is 0 Å². The summed E-state index contributed by atoms with van der Waals surface area (Å²) in [6.45, 7) is 5.67. The number of sulfonamides is 1. The van der Waals surface area contributed by atoms with Gasteiger partial charge in [0.05, 0.1) is 11.9 Å². The van der Waals surface area contributed by atoms with Gasteiger partial charge in [0.1, 0.15) is 6.04 Å². The van der Waals surface area contributed by atoms with Gasteiger partial charge in [0.25, 0.3) is 0 Å². The number of hydrogen-bond acceptors (Lipinski definition) is 4. The fraction of sp³-hybridized carbons (Fsp3) is 0.500. The van der Waals surface area contributed by atoms with Gasteiger partial charge in [0, 0.05) is 41.2 Å². The lowest BCUT2D eigenvalue weighted by Gasteiger charge is -2.31. The van der Waals surface area contributed by atoms with Crippen LogP contribution in [0, 0.1) is 13.8 Å². The molecule has 0 bridgehead atoms. The number of aryl methyl sites for hydroxylation is 2. The van der Waals surface area contributed by atoms with Crippen LogP contribution in [0.15, 0.2) is 36.4 Å². The molecule has 208 valence electrons. The largest absolute Gasteiger partial charge is 0.352 e. The minimum atomic E-state index is -3.57. The van der Waals surface area contributed by atoms with Crippen LogP contribution in [-0.2, 0) is 26.2 Å². The third-order valence-corrected chi connectivity index (χ3v) is 8.93. The van der Waals surface area contributed by atoms with E-state index >= 15 is 0 Å². The van der Waals surface area contributed by atoms with E-state index in [4.69, 9.17) is 23.2 Å². The molecule has 0 radical (unpaired) electrons. The summed E-state index contributed by atoms with van der Waals surface area (Å²) in [6, 6.07) is 10.1. The summed E-state index contributed by atoms with van der Waals surface area (Å²) >= 11 is 12.8. The number of carbonyl (C=O) groups excluding carboxylic acids is 2. The Morgan fingerprint density at radius 3 is 2.32 bits per heavy atom. The molecule has 1 unspecified atom stereocenters. The van der Waals surface area contributed by atoms with E-state index in [-0.39, 0.29) is 43.8 Å². The second kappa shape index (κ2) is 13.2.